The van der Waals surface area contributed by atoms with Crippen LogP contribution >= 0.6 is 0 Å². The van der Waals surface area contributed by atoms with E-state index < -0.39 is 15.6 Å². The number of carbonyl (C=O) groups excluding carboxylic acids is 1. The van der Waals surface area contributed by atoms with Crippen molar-refractivity contribution in [1.82, 2.24) is 19.4 Å². The summed E-state index contributed by atoms with van der Waals surface area (Å²) < 4.78 is 29.5. The molecule has 0 atom stereocenters. The van der Waals surface area contributed by atoms with Crippen molar-refractivity contribution in [2.75, 3.05) is 31.0 Å². The Balaban J connectivity index is 1.37. The summed E-state index contributed by atoms with van der Waals surface area (Å²) in [6, 6.07) is 5.39. The van der Waals surface area contributed by atoms with Gasteiger partial charge in [0.15, 0.2) is 5.69 Å². The molecule has 4 aromatic rings. The van der Waals surface area contributed by atoms with Crippen LogP contribution in [0.4, 0.5) is 5.69 Å². The largest absolute Gasteiger partial charge is 0.494 e. The molecule has 0 spiro atoms. The second kappa shape index (κ2) is 9.14. The maximum Gasteiger partial charge on any atom is 0.277 e. The molecular formula is C24H26N6O4S. The summed E-state index contributed by atoms with van der Waals surface area (Å²) in [6.45, 7) is 1.87. The number of pyridine rings is 2. The number of fused-ring (bicyclic) bond motifs is 1. The van der Waals surface area contributed by atoms with Crippen molar-refractivity contribution in [3.05, 3.63) is 60.1 Å². The quantitative estimate of drug-likeness (QED) is 0.446. The van der Waals surface area contributed by atoms with Crippen molar-refractivity contribution in [1.29, 1.82) is 0 Å². The van der Waals surface area contributed by atoms with Crippen LogP contribution in [0.25, 0.3) is 17.1 Å². The molecule has 1 amide bonds. The molecule has 1 N–H and O–H groups in total. The molecule has 1 aliphatic rings. The van der Waals surface area contributed by atoms with Crippen LogP contribution in [0, 0.1) is 6.92 Å². The third-order valence-electron chi connectivity index (χ3n) is 6.24. The maximum atomic E-state index is 12.9. The van der Waals surface area contributed by atoms with E-state index in [2.05, 4.69) is 19.6 Å². The summed E-state index contributed by atoms with van der Waals surface area (Å²) in [5, 5.41) is 2.86. The van der Waals surface area contributed by atoms with Crippen molar-refractivity contribution in [3.63, 3.8) is 0 Å². The van der Waals surface area contributed by atoms with Gasteiger partial charge in [-0.2, -0.15) is 0 Å². The molecule has 1 saturated heterocycles. The number of hydrogen-bond donors (Lipinski definition) is 1. The number of imidazole rings is 1. The molecule has 0 aromatic carbocycles. The molecule has 1 aliphatic heterocycles. The minimum Gasteiger partial charge on any atom is -0.494 e. The molecule has 0 unspecified atom stereocenters. The number of oxazole rings is 1. The van der Waals surface area contributed by atoms with Gasteiger partial charge in [-0.3, -0.25) is 9.78 Å². The smallest absolute Gasteiger partial charge is 0.277 e. The monoisotopic (exact) mass is 494 g/mol. The molecule has 0 bridgehead atoms. The van der Waals surface area contributed by atoms with Gasteiger partial charge in [0.2, 0.25) is 5.89 Å². The molecule has 0 aliphatic carbocycles. The van der Waals surface area contributed by atoms with Crippen molar-refractivity contribution < 1.29 is 18.2 Å². The number of aryl methyl sites for hydroxylation is 1. The fraction of sp³-hybridized carbons (Fsp3) is 0.333. The standard InChI is InChI=1S/C24H26N6O4S/c1-15-10-17(4-7-26-15)24-29-20(14-34-24)23(31)28-19-13-30-12-18(27-22(30)11-21(19)33-3)16-5-8-35(32,25-2)9-6-16/h4,7,10-14,16H,5-6,8-9H2,1-3H3,(H,28,31). The van der Waals surface area contributed by atoms with Gasteiger partial charge in [0.1, 0.15) is 23.3 Å². The zero-order valence-electron chi connectivity index (χ0n) is 19.7. The van der Waals surface area contributed by atoms with Crippen LogP contribution < -0.4 is 10.1 Å². The van der Waals surface area contributed by atoms with Crippen LogP contribution in [0.5, 0.6) is 5.75 Å². The molecule has 0 saturated carbocycles. The van der Waals surface area contributed by atoms with Crippen LogP contribution in [-0.4, -0.2) is 55.1 Å². The highest BCUT2D eigenvalue weighted by molar-refractivity contribution is 7.93. The van der Waals surface area contributed by atoms with E-state index in [9.17, 15) is 9.00 Å². The second-order valence-corrected chi connectivity index (χ2v) is 11.2. The molecular weight excluding hydrogens is 468 g/mol. The van der Waals surface area contributed by atoms with E-state index in [1.54, 1.807) is 31.6 Å². The lowest BCUT2D eigenvalue weighted by atomic mass is 10.00. The van der Waals surface area contributed by atoms with Crippen LogP contribution in [-0.2, 0) is 9.73 Å². The average Bonchev–Trinajstić information content (AvgIpc) is 3.51. The van der Waals surface area contributed by atoms with Crippen molar-refractivity contribution in [3.8, 4) is 17.2 Å². The number of methoxy groups -OCH3 is 1. The summed E-state index contributed by atoms with van der Waals surface area (Å²) in [6.07, 6.45) is 8.27. The van der Waals surface area contributed by atoms with E-state index in [-0.39, 0.29) is 11.6 Å². The lowest BCUT2D eigenvalue weighted by Gasteiger charge is -2.22. The Labute approximate surface area is 202 Å². The topological polar surface area (TPSA) is 124 Å². The Morgan fingerprint density at radius 3 is 2.77 bits per heavy atom. The molecule has 182 valence electrons. The highest BCUT2D eigenvalue weighted by atomic mass is 32.2. The average molecular weight is 495 g/mol. The van der Waals surface area contributed by atoms with Crippen molar-refractivity contribution in [2.45, 2.75) is 25.7 Å². The third kappa shape index (κ3) is 4.63. The highest BCUT2D eigenvalue weighted by Crippen LogP contribution is 2.32. The van der Waals surface area contributed by atoms with E-state index in [1.807, 2.05) is 23.6 Å². The van der Waals surface area contributed by atoms with E-state index in [1.165, 1.54) is 13.4 Å². The van der Waals surface area contributed by atoms with E-state index in [0.717, 1.165) is 29.8 Å². The summed E-state index contributed by atoms with van der Waals surface area (Å²) in [5.74, 6) is 1.80. The van der Waals surface area contributed by atoms with Gasteiger partial charge in [-0.05, 0) is 31.9 Å². The number of ether oxygens (including phenoxy) is 1. The summed E-state index contributed by atoms with van der Waals surface area (Å²) in [5.41, 5.74) is 3.84. The fourth-order valence-electron chi connectivity index (χ4n) is 4.25. The molecule has 11 heteroatoms. The number of carbonyl (C=O) groups is 1. The van der Waals surface area contributed by atoms with Crippen molar-refractivity contribution >= 4 is 27.0 Å². The third-order valence-corrected chi connectivity index (χ3v) is 8.66. The number of aromatic nitrogens is 4. The van der Waals surface area contributed by atoms with Crippen LogP contribution in [0.2, 0.25) is 0 Å². The van der Waals surface area contributed by atoms with Crippen LogP contribution in [0.3, 0.4) is 0 Å². The molecule has 4 aromatic heterocycles. The number of nitrogens with zero attached hydrogens (tertiary/aromatic N) is 5. The lowest BCUT2D eigenvalue weighted by molar-refractivity contribution is 0.102. The number of rotatable bonds is 5. The summed E-state index contributed by atoms with van der Waals surface area (Å²) >= 11 is 0. The number of hydrogen-bond acceptors (Lipinski definition) is 8. The number of nitrogens with one attached hydrogen (secondary N) is 1. The molecule has 1 fully saturated rings. The zero-order valence-corrected chi connectivity index (χ0v) is 20.5. The summed E-state index contributed by atoms with van der Waals surface area (Å²) in [7, 11) is 1.11. The second-order valence-electron chi connectivity index (χ2n) is 8.50. The van der Waals surface area contributed by atoms with Crippen molar-refractivity contribution in [2.24, 2.45) is 4.36 Å². The summed E-state index contributed by atoms with van der Waals surface area (Å²) in [4.78, 5) is 26.1. The molecule has 35 heavy (non-hydrogen) atoms. The first kappa shape index (κ1) is 23.0. The van der Waals surface area contributed by atoms with Gasteiger partial charge in [0, 0.05) is 70.1 Å². The highest BCUT2D eigenvalue weighted by Gasteiger charge is 2.25. The molecule has 5 rings (SSSR count). The lowest BCUT2D eigenvalue weighted by Crippen LogP contribution is -2.22. The normalized spacial score (nSPS) is 20.0. The molecule has 0 radical (unpaired) electrons. The van der Waals surface area contributed by atoms with Gasteiger partial charge >= 0.3 is 0 Å². The number of amides is 1. The SMILES string of the molecule is CN=S1(=O)CCC(c2cn3cc(NC(=O)c4coc(-c5ccnc(C)c5)n4)c(OC)cc3n2)CC1. The minimum atomic E-state index is -2.07. The van der Waals surface area contributed by atoms with Gasteiger partial charge < -0.3 is 18.9 Å². The van der Waals surface area contributed by atoms with Gasteiger partial charge in [-0.25, -0.2) is 18.5 Å². The Bertz CT molecular complexity index is 1520. The minimum absolute atomic E-state index is 0.148. The van der Waals surface area contributed by atoms with E-state index >= 15 is 0 Å². The Kier molecular flexibility index (Phi) is 6.01. The van der Waals surface area contributed by atoms with Crippen LogP contribution in [0.1, 0.15) is 40.6 Å². The van der Waals surface area contributed by atoms with E-state index in [4.69, 9.17) is 14.1 Å². The van der Waals surface area contributed by atoms with Crippen LogP contribution in [0.15, 0.2) is 51.8 Å². The fourth-order valence-corrected chi connectivity index (χ4v) is 6.12. The first-order valence-electron chi connectivity index (χ1n) is 11.2. The van der Waals surface area contributed by atoms with Gasteiger partial charge in [-0.1, -0.05) is 0 Å². The van der Waals surface area contributed by atoms with E-state index in [0.29, 0.717) is 34.5 Å². The predicted molar refractivity (Wildman–Crippen MR) is 132 cm³/mol. The zero-order chi connectivity index (χ0) is 24.6. The van der Waals surface area contributed by atoms with Gasteiger partial charge in [-0.15, -0.1) is 0 Å². The molecule has 10 nitrogen and oxygen atoms in total. The first-order chi connectivity index (χ1) is 16.9. The Morgan fingerprint density at radius 2 is 2.06 bits per heavy atom. The number of anilines is 1. The Morgan fingerprint density at radius 1 is 1.26 bits per heavy atom. The predicted octanol–water partition coefficient (Wildman–Crippen LogP) is 3.93. The van der Waals surface area contributed by atoms with Gasteiger partial charge in [0.05, 0.1) is 12.8 Å². The van der Waals surface area contributed by atoms with Gasteiger partial charge in [0.25, 0.3) is 5.91 Å². The molecule has 5 heterocycles. The first-order valence-corrected chi connectivity index (χ1v) is 13.1. The Hall–Kier alpha value is -3.73. The maximum absolute atomic E-state index is 12.9.